The first-order valence-electron chi connectivity index (χ1n) is 6.51. The van der Waals surface area contributed by atoms with Crippen LogP contribution in [0.15, 0.2) is 23.1 Å². The Bertz CT molecular complexity index is 624. The highest BCUT2D eigenvalue weighted by Crippen LogP contribution is 2.22. The Morgan fingerprint density at radius 1 is 1.45 bits per heavy atom. The van der Waals surface area contributed by atoms with Gasteiger partial charge in [-0.15, -0.1) is 0 Å². The number of nitrogens with one attached hydrogen (secondary N) is 1. The SMILES string of the molecule is CCN(C1CNC1)S(=O)(=O)c1ccc(C)c(C(N)=O)c1. The van der Waals surface area contributed by atoms with Gasteiger partial charge >= 0.3 is 0 Å². The molecule has 0 aromatic heterocycles. The van der Waals surface area contributed by atoms with E-state index in [-0.39, 0.29) is 16.5 Å². The normalized spacial score (nSPS) is 16.1. The molecule has 1 saturated heterocycles. The van der Waals surface area contributed by atoms with Crippen LogP contribution in [0.2, 0.25) is 0 Å². The van der Waals surface area contributed by atoms with E-state index in [1.165, 1.54) is 16.4 Å². The Morgan fingerprint density at radius 2 is 2.10 bits per heavy atom. The predicted octanol–water partition coefficient (Wildman–Crippen LogP) is 0.0763. The zero-order valence-electron chi connectivity index (χ0n) is 11.6. The van der Waals surface area contributed by atoms with E-state index < -0.39 is 15.9 Å². The van der Waals surface area contributed by atoms with Crippen molar-refractivity contribution in [3.05, 3.63) is 29.3 Å². The van der Waals surface area contributed by atoms with Crippen LogP contribution < -0.4 is 11.1 Å². The summed E-state index contributed by atoms with van der Waals surface area (Å²) in [5.41, 5.74) is 6.19. The number of carbonyl (C=O) groups excluding carboxylic acids is 1. The molecule has 0 unspecified atom stereocenters. The van der Waals surface area contributed by atoms with E-state index in [4.69, 9.17) is 5.73 Å². The molecule has 0 radical (unpaired) electrons. The summed E-state index contributed by atoms with van der Waals surface area (Å²) in [6.07, 6.45) is 0. The van der Waals surface area contributed by atoms with Gasteiger partial charge in [0.05, 0.1) is 4.90 Å². The number of sulfonamides is 1. The van der Waals surface area contributed by atoms with E-state index in [1.54, 1.807) is 19.9 Å². The Balaban J connectivity index is 2.43. The highest BCUT2D eigenvalue weighted by atomic mass is 32.2. The predicted molar refractivity (Wildman–Crippen MR) is 75.9 cm³/mol. The summed E-state index contributed by atoms with van der Waals surface area (Å²) in [5, 5.41) is 3.06. The summed E-state index contributed by atoms with van der Waals surface area (Å²) < 4.78 is 26.7. The van der Waals surface area contributed by atoms with E-state index >= 15 is 0 Å². The van der Waals surface area contributed by atoms with E-state index in [2.05, 4.69) is 5.32 Å². The molecule has 2 rings (SSSR count). The number of benzene rings is 1. The number of likely N-dealkylation sites (N-methyl/N-ethyl adjacent to an activating group) is 1. The molecule has 1 heterocycles. The first-order chi connectivity index (χ1) is 9.37. The van der Waals surface area contributed by atoms with Crippen LogP contribution in [0, 0.1) is 6.92 Å². The summed E-state index contributed by atoms with van der Waals surface area (Å²) in [6.45, 7) is 5.24. The quantitative estimate of drug-likeness (QED) is 0.805. The molecule has 0 saturated carbocycles. The van der Waals surface area contributed by atoms with Crippen molar-refractivity contribution in [3.8, 4) is 0 Å². The molecule has 1 aromatic carbocycles. The summed E-state index contributed by atoms with van der Waals surface area (Å²) in [5.74, 6) is -0.618. The Morgan fingerprint density at radius 3 is 2.55 bits per heavy atom. The third-order valence-corrected chi connectivity index (χ3v) is 5.58. The van der Waals surface area contributed by atoms with Crippen molar-refractivity contribution in [1.29, 1.82) is 0 Å². The van der Waals surface area contributed by atoms with Crippen molar-refractivity contribution in [3.63, 3.8) is 0 Å². The second-order valence-corrected chi connectivity index (χ2v) is 6.75. The zero-order valence-corrected chi connectivity index (χ0v) is 12.4. The lowest BCUT2D eigenvalue weighted by Crippen LogP contribution is -2.58. The van der Waals surface area contributed by atoms with Crippen LogP contribution in [-0.2, 0) is 10.0 Å². The van der Waals surface area contributed by atoms with E-state index in [1.807, 2.05) is 0 Å². The molecule has 1 fully saturated rings. The average Bonchev–Trinajstić information content (AvgIpc) is 2.33. The van der Waals surface area contributed by atoms with Gasteiger partial charge < -0.3 is 11.1 Å². The van der Waals surface area contributed by atoms with Gasteiger partial charge in [-0.25, -0.2) is 8.42 Å². The van der Waals surface area contributed by atoms with Crippen molar-refractivity contribution < 1.29 is 13.2 Å². The molecule has 1 aromatic rings. The molecule has 7 heteroatoms. The maximum absolute atomic E-state index is 12.6. The van der Waals surface area contributed by atoms with Crippen molar-refractivity contribution in [2.24, 2.45) is 5.73 Å². The van der Waals surface area contributed by atoms with Gasteiger partial charge in [-0.3, -0.25) is 4.79 Å². The lowest BCUT2D eigenvalue weighted by molar-refractivity contribution is 0.0999. The second-order valence-electron chi connectivity index (χ2n) is 4.86. The third-order valence-electron chi connectivity index (χ3n) is 3.56. The van der Waals surface area contributed by atoms with Gasteiger partial charge in [0.1, 0.15) is 0 Å². The van der Waals surface area contributed by atoms with Crippen molar-refractivity contribution in [2.75, 3.05) is 19.6 Å². The van der Waals surface area contributed by atoms with E-state index in [0.29, 0.717) is 25.2 Å². The average molecular weight is 297 g/mol. The maximum atomic E-state index is 12.6. The lowest BCUT2D eigenvalue weighted by Gasteiger charge is -2.36. The molecule has 0 spiro atoms. The summed E-state index contributed by atoms with van der Waals surface area (Å²) in [4.78, 5) is 11.5. The number of nitrogens with zero attached hydrogens (tertiary/aromatic N) is 1. The number of hydrogen-bond donors (Lipinski definition) is 2. The molecule has 0 atom stereocenters. The lowest BCUT2D eigenvalue weighted by atomic mass is 10.1. The second kappa shape index (κ2) is 5.51. The van der Waals surface area contributed by atoms with Crippen LogP contribution in [0.1, 0.15) is 22.8 Å². The highest BCUT2D eigenvalue weighted by molar-refractivity contribution is 7.89. The van der Waals surface area contributed by atoms with Gasteiger partial charge in [0.15, 0.2) is 0 Å². The smallest absolute Gasteiger partial charge is 0.249 e. The Kier molecular flexibility index (Phi) is 4.12. The Labute approximate surface area is 119 Å². The number of nitrogens with two attached hydrogens (primary N) is 1. The topological polar surface area (TPSA) is 92.5 Å². The number of rotatable bonds is 5. The molecule has 0 bridgehead atoms. The number of carbonyl (C=O) groups is 1. The van der Waals surface area contributed by atoms with Gasteiger partial charge in [-0.2, -0.15) is 4.31 Å². The van der Waals surface area contributed by atoms with Gasteiger partial charge in [0.2, 0.25) is 15.9 Å². The summed E-state index contributed by atoms with van der Waals surface area (Å²) in [6, 6.07) is 4.47. The minimum Gasteiger partial charge on any atom is -0.366 e. The maximum Gasteiger partial charge on any atom is 0.249 e. The molecule has 20 heavy (non-hydrogen) atoms. The minimum absolute atomic E-state index is 0.0247. The third kappa shape index (κ3) is 2.56. The Hall–Kier alpha value is -1.44. The summed E-state index contributed by atoms with van der Waals surface area (Å²) in [7, 11) is -3.60. The van der Waals surface area contributed by atoms with Crippen LogP contribution >= 0.6 is 0 Å². The molecular weight excluding hydrogens is 278 g/mol. The van der Waals surface area contributed by atoms with Crippen LogP contribution in [0.5, 0.6) is 0 Å². The molecule has 0 aliphatic carbocycles. The van der Waals surface area contributed by atoms with Gasteiger partial charge in [0, 0.05) is 31.2 Å². The monoisotopic (exact) mass is 297 g/mol. The molecule has 110 valence electrons. The molecule has 3 N–H and O–H groups in total. The molecule has 6 nitrogen and oxygen atoms in total. The van der Waals surface area contributed by atoms with E-state index in [9.17, 15) is 13.2 Å². The van der Waals surface area contributed by atoms with Gasteiger partial charge in [0.25, 0.3) is 0 Å². The van der Waals surface area contributed by atoms with Gasteiger partial charge in [-0.1, -0.05) is 13.0 Å². The number of primary amides is 1. The fourth-order valence-electron chi connectivity index (χ4n) is 2.26. The fraction of sp³-hybridized carbons (Fsp3) is 0.462. The van der Waals surface area contributed by atoms with Crippen molar-refractivity contribution >= 4 is 15.9 Å². The minimum atomic E-state index is -3.60. The number of aryl methyl sites for hydroxylation is 1. The van der Waals surface area contributed by atoms with Crippen LogP contribution in [0.3, 0.4) is 0 Å². The van der Waals surface area contributed by atoms with Crippen molar-refractivity contribution in [1.82, 2.24) is 9.62 Å². The highest BCUT2D eigenvalue weighted by Gasteiger charge is 2.33. The molecule has 1 amide bonds. The summed E-state index contributed by atoms with van der Waals surface area (Å²) >= 11 is 0. The molecule has 1 aliphatic rings. The standard InChI is InChI=1S/C13H19N3O3S/c1-3-16(10-7-15-8-10)20(18,19)11-5-4-9(2)12(6-11)13(14)17/h4-6,10,15H,3,7-8H2,1-2H3,(H2,14,17). The number of amides is 1. The van der Waals surface area contributed by atoms with Crippen LogP contribution in [-0.4, -0.2) is 44.3 Å². The van der Waals surface area contributed by atoms with Crippen LogP contribution in [0.25, 0.3) is 0 Å². The van der Waals surface area contributed by atoms with E-state index in [0.717, 1.165) is 0 Å². The fourth-order valence-corrected chi connectivity index (χ4v) is 3.92. The first kappa shape index (κ1) is 15.0. The largest absolute Gasteiger partial charge is 0.366 e. The first-order valence-corrected chi connectivity index (χ1v) is 7.95. The number of hydrogen-bond acceptors (Lipinski definition) is 4. The van der Waals surface area contributed by atoms with Crippen molar-refractivity contribution in [2.45, 2.75) is 24.8 Å². The molecule has 1 aliphatic heterocycles. The van der Waals surface area contributed by atoms with Gasteiger partial charge in [-0.05, 0) is 24.6 Å². The molecular formula is C13H19N3O3S. The van der Waals surface area contributed by atoms with Crippen LogP contribution in [0.4, 0.5) is 0 Å². The zero-order chi connectivity index (χ0) is 14.9.